The van der Waals surface area contributed by atoms with Crippen molar-refractivity contribution >= 4 is 15.9 Å². The maximum atomic E-state index is 12.8. The molecule has 0 radical (unpaired) electrons. The van der Waals surface area contributed by atoms with E-state index in [1.54, 1.807) is 13.1 Å². The lowest BCUT2D eigenvalue weighted by molar-refractivity contribution is -0.137. The summed E-state index contributed by atoms with van der Waals surface area (Å²) in [5.41, 5.74) is 1.94. The fourth-order valence-corrected chi connectivity index (χ4v) is 2.83. The van der Waals surface area contributed by atoms with Crippen LogP contribution in [0.4, 0.5) is 13.2 Å². The van der Waals surface area contributed by atoms with Gasteiger partial charge in [0.05, 0.1) is 11.6 Å². The molecule has 0 aromatic heterocycles. The van der Waals surface area contributed by atoms with Crippen LogP contribution in [0.15, 0.2) is 46.9 Å². The van der Waals surface area contributed by atoms with Crippen LogP contribution in [0.25, 0.3) is 0 Å². The SMILES string of the molecule is CNC(c1cccc(C(F)(F)F)c1)c1ccc(Br)cc1C. The van der Waals surface area contributed by atoms with Gasteiger partial charge in [-0.2, -0.15) is 13.2 Å². The molecule has 5 heteroatoms. The minimum Gasteiger partial charge on any atom is -0.309 e. The normalized spacial score (nSPS) is 13.2. The summed E-state index contributed by atoms with van der Waals surface area (Å²) >= 11 is 3.39. The van der Waals surface area contributed by atoms with Crippen molar-refractivity contribution < 1.29 is 13.2 Å². The van der Waals surface area contributed by atoms with Crippen molar-refractivity contribution in [3.63, 3.8) is 0 Å². The summed E-state index contributed by atoms with van der Waals surface area (Å²) < 4.78 is 39.5. The van der Waals surface area contributed by atoms with E-state index in [1.807, 2.05) is 25.1 Å². The van der Waals surface area contributed by atoms with Crippen LogP contribution >= 0.6 is 15.9 Å². The van der Waals surface area contributed by atoms with Gasteiger partial charge >= 0.3 is 6.18 Å². The Morgan fingerprint density at radius 2 is 1.81 bits per heavy atom. The molecule has 0 amide bonds. The van der Waals surface area contributed by atoms with Crippen LogP contribution in [0.3, 0.4) is 0 Å². The van der Waals surface area contributed by atoms with E-state index >= 15 is 0 Å². The summed E-state index contributed by atoms with van der Waals surface area (Å²) in [6.45, 7) is 1.94. The van der Waals surface area contributed by atoms with Crippen LogP contribution in [0, 0.1) is 6.92 Å². The first kappa shape index (κ1) is 16.0. The van der Waals surface area contributed by atoms with Gasteiger partial charge in [0.15, 0.2) is 0 Å². The van der Waals surface area contributed by atoms with Crippen LogP contribution in [-0.4, -0.2) is 7.05 Å². The second-order valence-electron chi connectivity index (χ2n) is 4.85. The smallest absolute Gasteiger partial charge is 0.309 e. The number of rotatable bonds is 3. The molecule has 1 atom stereocenters. The Morgan fingerprint density at radius 3 is 2.38 bits per heavy atom. The Bertz CT molecular complexity index is 638. The fraction of sp³-hybridized carbons (Fsp3) is 0.250. The van der Waals surface area contributed by atoms with Gasteiger partial charge in [-0.15, -0.1) is 0 Å². The highest BCUT2D eigenvalue weighted by Gasteiger charge is 2.31. The Balaban J connectivity index is 2.47. The fourth-order valence-electron chi connectivity index (χ4n) is 2.36. The van der Waals surface area contributed by atoms with Gasteiger partial charge < -0.3 is 5.32 Å². The molecule has 0 spiro atoms. The average Bonchev–Trinajstić information content (AvgIpc) is 2.41. The zero-order chi connectivity index (χ0) is 15.6. The van der Waals surface area contributed by atoms with Crippen LogP contribution in [0.2, 0.25) is 0 Å². The second kappa shape index (κ2) is 6.20. The lowest BCUT2D eigenvalue weighted by atomic mass is 9.94. The monoisotopic (exact) mass is 357 g/mol. The summed E-state index contributed by atoms with van der Waals surface area (Å²) in [7, 11) is 1.74. The van der Waals surface area contributed by atoms with Gasteiger partial charge in [-0.3, -0.25) is 0 Å². The minimum atomic E-state index is -4.33. The Hall–Kier alpha value is -1.33. The molecular formula is C16H15BrF3N. The zero-order valence-electron chi connectivity index (χ0n) is 11.6. The van der Waals surface area contributed by atoms with Gasteiger partial charge in [0, 0.05) is 4.47 Å². The number of nitrogens with one attached hydrogen (secondary N) is 1. The Labute approximate surface area is 130 Å². The van der Waals surface area contributed by atoms with Gasteiger partial charge in [0.25, 0.3) is 0 Å². The molecule has 1 nitrogen and oxygen atoms in total. The van der Waals surface area contributed by atoms with Crippen LogP contribution in [0.1, 0.15) is 28.3 Å². The van der Waals surface area contributed by atoms with E-state index in [2.05, 4.69) is 21.2 Å². The maximum Gasteiger partial charge on any atom is 0.416 e. The Kier molecular flexibility index (Phi) is 4.74. The molecule has 0 aliphatic rings. The van der Waals surface area contributed by atoms with E-state index in [9.17, 15) is 13.2 Å². The third-order valence-electron chi connectivity index (χ3n) is 3.38. The summed E-state index contributed by atoms with van der Waals surface area (Å²) in [5, 5.41) is 3.09. The van der Waals surface area contributed by atoms with Crippen molar-refractivity contribution in [2.45, 2.75) is 19.1 Å². The van der Waals surface area contributed by atoms with E-state index in [4.69, 9.17) is 0 Å². The molecule has 112 valence electrons. The van der Waals surface area contributed by atoms with Crippen molar-refractivity contribution in [2.24, 2.45) is 0 Å². The van der Waals surface area contributed by atoms with E-state index in [0.29, 0.717) is 5.56 Å². The number of hydrogen-bond donors (Lipinski definition) is 1. The van der Waals surface area contributed by atoms with Crippen LogP contribution < -0.4 is 5.32 Å². The predicted octanol–water partition coefficient (Wildman–Crippen LogP) is 5.09. The first-order valence-electron chi connectivity index (χ1n) is 6.43. The van der Waals surface area contributed by atoms with Gasteiger partial charge in [0.1, 0.15) is 0 Å². The third-order valence-corrected chi connectivity index (χ3v) is 3.87. The largest absolute Gasteiger partial charge is 0.416 e. The highest BCUT2D eigenvalue weighted by atomic mass is 79.9. The van der Waals surface area contributed by atoms with Crippen molar-refractivity contribution in [3.8, 4) is 0 Å². The third kappa shape index (κ3) is 3.66. The van der Waals surface area contributed by atoms with E-state index in [0.717, 1.165) is 21.7 Å². The van der Waals surface area contributed by atoms with Gasteiger partial charge in [0.2, 0.25) is 0 Å². The molecule has 0 aliphatic heterocycles. The van der Waals surface area contributed by atoms with Crippen LogP contribution in [0.5, 0.6) is 0 Å². The van der Waals surface area contributed by atoms with Gasteiger partial charge in [-0.1, -0.05) is 34.1 Å². The van der Waals surface area contributed by atoms with Crippen molar-refractivity contribution in [1.82, 2.24) is 5.32 Å². The zero-order valence-corrected chi connectivity index (χ0v) is 13.2. The minimum absolute atomic E-state index is 0.277. The molecule has 0 fully saturated rings. The summed E-state index contributed by atoms with van der Waals surface area (Å²) in [6.07, 6.45) is -4.33. The predicted molar refractivity (Wildman–Crippen MR) is 81.2 cm³/mol. The highest BCUT2D eigenvalue weighted by molar-refractivity contribution is 9.10. The summed E-state index contributed by atoms with van der Waals surface area (Å²) in [4.78, 5) is 0. The van der Waals surface area contributed by atoms with Gasteiger partial charge in [-0.05, 0) is 54.9 Å². The molecule has 2 rings (SSSR count). The van der Waals surface area contributed by atoms with E-state index < -0.39 is 11.7 Å². The number of hydrogen-bond acceptors (Lipinski definition) is 1. The topological polar surface area (TPSA) is 12.0 Å². The van der Waals surface area contributed by atoms with E-state index in [-0.39, 0.29) is 6.04 Å². The first-order chi connectivity index (χ1) is 9.82. The second-order valence-corrected chi connectivity index (χ2v) is 5.76. The number of aryl methyl sites for hydroxylation is 1. The lowest BCUT2D eigenvalue weighted by Crippen LogP contribution is -2.19. The quantitative estimate of drug-likeness (QED) is 0.806. The maximum absolute atomic E-state index is 12.8. The molecule has 0 heterocycles. The molecule has 0 aliphatic carbocycles. The van der Waals surface area contributed by atoms with Gasteiger partial charge in [-0.25, -0.2) is 0 Å². The summed E-state index contributed by atoms with van der Waals surface area (Å²) in [5.74, 6) is 0. The molecule has 1 unspecified atom stereocenters. The van der Waals surface area contributed by atoms with Crippen molar-refractivity contribution in [3.05, 3.63) is 69.2 Å². The highest BCUT2D eigenvalue weighted by Crippen LogP contribution is 2.33. The number of halogens is 4. The molecule has 2 aromatic carbocycles. The lowest BCUT2D eigenvalue weighted by Gasteiger charge is -2.21. The first-order valence-corrected chi connectivity index (χ1v) is 7.22. The molecular weight excluding hydrogens is 343 g/mol. The number of alkyl halides is 3. The van der Waals surface area contributed by atoms with Crippen molar-refractivity contribution in [2.75, 3.05) is 7.05 Å². The van der Waals surface area contributed by atoms with E-state index in [1.165, 1.54) is 12.1 Å². The molecule has 0 saturated carbocycles. The average molecular weight is 358 g/mol. The number of benzene rings is 2. The molecule has 2 aromatic rings. The van der Waals surface area contributed by atoms with Crippen molar-refractivity contribution in [1.29, 1.82) is 0 Å². The molecule has 0 bridgehead atoms. The summed E-state index contributed by atoms with van der Waals surface area (Å²) in [6, 6.07) is 10.9. The Morgan fingerprint density at radius 1 is 1.10 bits per heavy atom. The molecule has 21 heavy (non-hydrogen) atoms. The molecule has 0 saturated heterocycles. The molecule has 1 N–H and O–H groups in total. The van der Waals surface area contributed by atoms with Crippen LogP contribution in [-0.2, 0) is 6.18 Å². The standard InChI is InChI=1S/C16H15BrF3N/c1-10-8-13(17)6-7-14(10)15(21-2)11-4-3-5-12(9-11)16(18,19)20/h3-9,15,21H,1-2H3.